The Balaban J connectivity index is 0. The van der Waals surface area contributed by atoms with E-state index in [1.165, 1.54) is 6.19 Å². The van der Waals surface area contributed by atoms with Crippen LogP contribution in [0.3, 0.4) is 0 Å². The standard InChI is InChI=1S/C6H5F3N2S2.K/c7-4(5(8)9)1-2-13-6(12)11-3-10;/h1-2H2,(H,11,12);/q;+1/p-1. The van der Waals surface area contributed by atoms with Crippen LogP contribution in [0.25, 0.3) is 0 Å². The molecule has 0 aliphatic heterocycles. The van der Waals surface area contributed by atoms with Crippen LogP contribution in [0.2, 0.25) is 0 Å². The Morgan fingerprint density at radius 1 is 1.43 bits per heavy atom. The number of thioether (sulfide) groups is 1. The number of nitrogens with zero attached hydrogens (tertiary/aromatic N) is 2. The van der Waals surface area contributed by atoms with E-state index in [2.05, 4.69) is 17.6 Å². The average molecular weight is 264 g/mol. The van der Waals surface area contributed by atoms with Crippen molar-refractivity contribution in [2.24, 2.45) is 4.99 Å². The molecule has 0 aliphatic carbocycles. The molecule has 0 amide bonds. The van der Waals surface area contributed by atoms with Gasteiger partial charge < -0.3 is 12.6 Å². The van der Waals surface area contributed by atoms with Gasteiger partial charge in [0.1, 0.15) is 0 Å². The number of allylic oxidation sites excluding steroid dienone is 1. The van der Waals surface area contributed by atoms with Gasteiger partial charge in [0.15, 0.2) is 5.83 Å². The third kappa shape index (κ3) is 9.45. The summed E-state index contributed by atoms with van der Waals surface area (Å²) in [6.45, 7) is 0. The number of hydrogen-bond acceptors (Lipinski definition) is 4. The second kappa shape index (κ2) is 10.4. The van der Waals surface area contributed by atoms with Crippen LogP contribution in [-0.2, 0) is 12.6 Å². The van der Waals surface area contributed by atoms with E-state index in [0.717, 1.165) is 11.8 Å². The van der Waals surface area contributed by atoms with Crippen molar-refractivity contribution in [1.82, 2.24) is 0 Å². The topological polar surface area (TPSA) is 36.1 Å². The van der Waals surface area contributed by atoms with Crippen molar-refractivity contribution < 1.29 is 64.6 Å². The Morgan fingerprint density at radius 2 is 2.00 bits per heavy atom. The van der Waals surface area contributed by atoms with Crippen molar-refractivity contribution in [1.29, 1.82) is 5.26 Å². The summed E-state index contributed by atoms with van der Waals surface area (Å²) >= 11 is 5.40. The number of hydrogen-bond donors (Lipinski definition) is 0. The predicted molar refractivity (Wildman–Crippen MR) is 47.8 cm³/mol. The number of aliphatic imine (C=N–C) groups is 1. The number of nitriles is 1. The van der Waals surface area contributed by atoms with Gasteiger partial charge in [-0.15, -0.1) is 11.8 Å². The van der Waals surface area contributed by atoms with Gasteiger partial charge in [0, 0.05) is 12.2 Å². The Labute approximate surface area is 132 Å². The first kappa shape index (κ1) is 17.3. The molecule has 0 aliphatic rings. The molecule has 0 atom stereocenters. The van der Waals surface area contributed by atoms with E-state index in [4.69, 9.17) is 5.26 Å². The van der Waals surface area contributed by atoms with Crippen molar-refractivity contribution >= 4 is 28.8 Å². The van der Waals surface area contributed by atoms with Crippen LogP contribution in [-0.4, -0.2) is 10.1 Å². The average Bonchev–Trinajstić information content (AvgIpc) is 2.04. The Hall–Kier alpha value is 0.896. The maximum absolute atomic E-state index is 12.1. The van der Waals surface area contributed by atoms with Gasteiger partial charge in [-0.05, 0) is 4.38 Å². The quantitative estimate of drug-likeness (QED) is 0.228. The van der Waals surface area contributed by atoms with Crippen molar-refractivity contribution in [3.63, 3.8) is 0 Å². The van der Waals surface area contributed by atoms with Crippen molar-refractivity contribution in [2.75, 3.05) is 5.75 Å². The molecule has 2 nitrogen and oxygen atoms in total. The zero-order valence-corrected chi connectivity index (χ0v) is 12.0. The molecule has 0 spiro atoms. The first-order chi connectivity index (χ1) is 6.07. The first-order valence-corrected chi connectivity index (χ1v) is 4.43. The van der Waals surface area contributed by atoms with E-state index in [1.807, 2.05) is 0 Å². The Kier molecular flexibility index (Phi) is 12.9. The van der Waals surface area contributed by atoms with Gasteiger partial charge in [0.2, 0.25) is 6.19 Å². The van der Waals surface area contributed by atoms with Gasteiger partial charge in [-0.3, -0.25) is 0 Å². The largest absolute Gasteiger partial charge is 1.00 e. The van der Waals surface area contributed by atoms with Crippen LogP contribution in [0, 0.1) is 11.5 Å². The summed E-state index contributed by atoms with van der Waals surface area (Å²) in [7, 11) is 0. The zero-order valence-electron chi connectivity index (χ0n) is 7.26. The second-order valence-electron chi connectivity index (χ2n) is 1.74. The fraction of sp³-hybridized carbons (Fsp3) is 0.333. The van der Waals surface area contributed by atoms with Crippen LogP contribution < -0.4 is 51.4 Å². The number of halogens is 3. The van der Waals surface area contributed by atoms with E-state index >= 15 is 0 Å². The van der Waals surface area contributed by atoms with Crippen LogP contribution in [0.15, 0.2) is 16.9 Å². The van der Waals surface area contributed by atoms with Crippen molar-refractivity contribution in [2.45, 2.75) is 6.42 Å². The van der Waals surface area contributed by atoms with Crippen molar-refractivity contribution in [3.05, 3.63) is 11.9 Å². The third-order valence-corrected chi connectivity index (χ3v) is 2.08. The van der Waals surface area contributed by atoms with Crippen LogP contribution in [0.1, 0.15) is 6.42 Å². The molecule has 72 valence electrons. The Morgan fingerprint density at radius 3 is 2.43 bits per heavy atom. The molecule has 0 saturated carbocycles. The maximum Gasteiger partial charge on any atom is 1.00 e. The normalized spacial score (nSPS) is 10.0. The summed E-state index contributed by atoms with van der Waals surface area (Å²) in [5.74, 6) is -1.40. The summed E-state index contributed by atoms with van der Waals surface area (Å²) in [5.41, 5.74) is 0. The van der Waals surface area contributed by atoms with E-state index in [-0.39, 0.29) is 61.5 Å². The van der Waals surface area contributed by atoms with E-state index in [1.54, 1.807) is 0 Å². The summed E-state index contributed by atoms with van der Waals surface area (Å²) in [5, 5.41) is 8.01. The monoisotopic (exact) mass is 264 g/mol. The summed E-state index contributed by atoms with van der Waals surface area (Å²) in [4.78, 5) is 3.14. The smallest absolute Gasteiger partial charge is 0.752 e. The minimum absolute atomic E-state index is 0. The maximum atomic E-state index is 12.1. The van der Waals surface area contributed by atoms with Gasteiger partial charge in [0.25, 0.3) is 0 Å². The molecule has 0 aromatic carbocycles. The molecular weight excluding hydrogens is 260 g/mol. The predicted octanol–water partition coefficient (Wildman–Crippen LogP) is -0.425. The second-order valence-corrected chi connectivity index (χ2v) is 3.47. The first-order valence-electron chi connectivity index (χ1n) is 3.04. The van der Waals surface area contributed by atoms with Gasteiger partial charge in [-0.2, -0.15) is 19.0 Å². The molecule has 0 heterocycles. The van der Waals surface area contributed by atoms with Gasteiger partial charge in [-0.1, -0.05) is 0 Å². The SMILES string of the molecule is N#CN=C([S-])SCCC(F)=C(F)F.[K+]. The minimum atomic E-state index is -2.32. The third-order valence-electron chi connectivity index (χ3n) is 0.893. The molecule has 0 N–H and O–H groups in total. The summed E-state index contributed by atoms with van der Waals surface area (Å²) in [6, 6.07) is 0. The van der Waals surface area contributed by atoms with Gasteiger partial charge in [-0.25, -0.2) is 4.39 Å². The molecule has 0 fully saturated rings. The molecule has 8 heteroatoms. The molecule has 0 aromatic rings. The van der Waals surface area contributed by atoms with Crippen LogP contribution in [0.5, 0.6) is 0 Å². The molecule has 0 rings (SSSR count). The summed E-state index contributed by atoms with van der Waals surface area (Å²) < 4.78 is 35.1. The minimum Gasteiger partial charge on any atom is -0.752 e. The van der Waals surface area contributed by atoms with Crippen LogP contribution in [0.4, 0.5) is 13.2 Å². The summed E-state index contributed by atoms with van der Waals surface area (Å²) in [6.07, 6.45) is -1.29. The van der Waals surface area contributed by atoms with Crippen LogP contribution >= 0.6 is 11.8 Å². The fourth-order valence-corrected chi connectivity index (χ4v) is 1.25. The Bertz CT molecular complexity index is 271. The molecule has 0 saturated heterocycles. The number of rotatable bonds is 3. The molecule has 0 unspecified atom stereocenters. The molecule has 0 bridgehead atoms. The van der Waals surface area contributed by atoms with E-state index < -0.39 is 18.3 Å². The molecular formula is C6H4F3KN2S2. The van der Waals surface area contributed by atoms with E-state index in [9.17, 15) is 13.2 Å². The molecule has 14 heavy (non-hydrogen) atoms. The molecule has 0 aromatic heterocycles. The van der Waals surface area contributed by atoms with Crippen molar-refractivity contribution in [3.8, 4) is 6.19 Å². The fourth-order valence-electron chi connectivity index (χ4n) is 0.396. The van der Waals surface area contributed by atoms with Gasteiger partial charge >= 0.3 is 57.5 Å². The molecule has 0 radical (unpaired) electrons. The van der Waals surface area contributed by atoms with E-state index in [0.29, 0.717) is 0 Å². The van der Waals surface area contributed by atoms with Gasteiger partial charge in [0.05, 0.1) is 0 Å². The zero-order chi connectivity index (χ0) is 10.3.